The predicted octanol–water partition coefficient (Wildman–Crippen LogP) is 4.09. The van der Waals surface area contributed by atoms with Crippen LogP contribution in [-0.4, -0.2) is 18.0 Å². The molecule has 0 saturated carbocycles. The van der Waals surface area contributed by atoms with E-state index < -0.39 is 5.82 Å². The number of nitrogens with one attached hydrogen (secondary N) is 2. The van der Waals surface area contributed by atoms with Crippen molar-refractivity contribution in [3.8, 4) is 11.5 Å². The number of para-hydroxylation sites is 2. The molecule has 0 bridgehead atoms. The summed E-state index contributed by atoms with van der Waals surface area (Å²) in [5.41, 5.74) is 1.75. The molecule has 1 aromatic heterocycles. The molecule has 146 valence electrons. The van der Waals surface area contributed by atoms with E-state index in [0.29, 0.717) is 30.7 Å². The van der Waals surface area contributed by atoms with Crippen molar-refractivity contribution >= 4 is 5.96 Å². The van der Waals surface area contributed by atoms with Crippen molar-refractivity contribution in [1.82, 2.24) is 15.6 Å². The Morgan fingerprint density at radius 2 is 1.71 bits per heavy atom. The Bertz CT molecular complexity index is 949. The van der Waals surface area contributed by atoms with Crippen molar-refractivity contribution in [2.45, 2.75) is 26.9 Å². The number of hydrogen-bond acceptors (Lipinski definition) is 4. The average Bonchev–Trinajstić information content (AvgIpc) is 3.02. The summed E-state index contributed by atoms with van der Waals surface area (Å²) in [7, 11) is 1.68. The van der Waals surface area contributed by atoms with Gasteiger partial charge in [0.2, 0.25) is 5.89 Å². The maximum atomic E-state index is 13.9. The van der Waals surface area contributed by atoms with Crippen LogP contribution in [0.5, 0.6) is 11.5 Å². The summed E-state index contributed by atoms with van der Waals surface area (Å²) in [6.07, 6.45) is 0. The molecule has 0 aliphatic carbocycles. The molecule has 0 spiro atoms. The number of halogens is 1. The summed E-state index contributed by atoms with van der Waals surface area (Å²) < 4.78 is 25.2. The van der Waals surface area contributed by atoms with E-state index in [-0.39, 0.29) is 5.75 Å². The smallest absolute Gasteiger partial charge is 0.214 e. The first-order valence-electron chi connectivity index (χ1n) is 8.94. The Morgan fingerprint density at radius 1 is 1.04 bits per heavy atom. The molecule has 0 radical (unpaired) electrons. The molecule has 2 N–H and O–H groups in total. The number of guanidine groups is 1. The number of rotatable bonds is 6. The lowest BCUT2D eigenvalue weighted by Gasteiger charge is -2.14. The van der Waals surface area contributed by atoms with E-state index in [1.165, 1.54) is 6.07 Å². The number of nitrogens with zero attached hydrogens (tertiary/aromatic N) is 2. The van der Waals surface area contributed by atoms with Crippen LogP contribution in [0, 0.1) is 19.7 Å². The molecule has 1 heterocycles. The van der Waals surface area contributed by atoms with Crippen molar-refractivity contribution in [1.29, 1.82) is 0 Å². The molecule has 7 heteroatoms. The lowest BCUT2D eigenvalue weighted by atomic mass is 10.2. The van der Waals surface area contributed by atoms with Gasteiger partial charge in [-0.3, -0.25) is 4.99 Å². The number of hydrogen-bond donors (Lipinski definition) is 2. The summed E-state index contributed by atoms with van der Waals surface area (Å²) in [5, 5.41) is 6.37. The number of aromatic nitrogens is 1. The molecule has 0 atom stereocenters. The van der Waals surface area contributed by atoms with Crippen LogP contribution in [-0.2, 0) is 13.1 Å². The van der Waals surface area contributed by atoms with Crippen LogP contribution < -0.4 is 15.4 Å². The highest BCUT2D eigenvalue weighted by Crippen LogP contribution is 2.27. The Morgan fingerprint density at radius 3 is 2.39 bits per heavy atom. The predicted molar refractivity (Wildman–Crippen MR) is 106 cm³/mol. The maximum absolute atomic E-state index is 13.9. The SMILES string of the molecule is CN=C(NCc1nc(C)c(C)o1)NCc1ccccc1Oc1ccccc1F. The van der Waals surface area contributed by atoms with E-state index in [0.717, 1.165) is 17.0 Å². The zero-order valence-corrected chi connectivity index (χ0v) is 16.1. The van der Waals surface area contributed by atoms with Crippen LogP contribution in [0.3, 0.4) is 0 Å². The molecule has 2 aromatic carbocycles. The molecule has 0 amide bonds. The Kier molecular flexibility index (Phi) is 6.26. The molecule has 0 unspecified atom stereocenters. The molecule has 3 rings (SSSR count). The van der Waals surface area contributed by atoms with Gasteiger partial charge in [-0.25, -0.2) is 9.37 Å². The highest BCUT2D eigenvalue weighted by molar-refractivity contribution is 5.79. The van der Waals surface area contributed by atoms with Crippen molar-refractivity contribution in [2.24, 2.45) is 4.99 Å². The lowest BCUT2D eigenvalue weighted by Crippen LogP contribution is -2.36. The van der Waals surface area contributed by atoms with Gasteiger partial charge in [-0.15, -0.1) is 0 Å². The van der Waals surface area contributed by atoms with E-state index in [4.69, 9.17) is 9.15 Å². The minimum absolute atomic E-state index is 0.187. The quantitative estimate of drug-likeness (QED) is 0.496. The monoisotopic (exact) mass is 382 g/mol. The molecular weight excluding hydrogens is 359 g/mol. The van der Waals surface area contributed by atoms with Gasteiger partial charge in [0.15, 0.2) is 17.5 Å². The van der Waals surface area contributed by atoms with Gasteiger partial charge in [-0.1, -0.05) is 30.3 Å². The van der Waals surface area contributed by atoms with Gasteiger partial charge >= 0.3 is 0 Å². The molecule has 0 aliphatic heterocycles. The van der Waals surface area contributed by atoms with Crippen molar-refractivity contribution in [3.63, 3.8) is 0 Å². The van der Waals surface area contributed by atoms with Crippen LogP contribution in [0.1, 0.15) is 22.9 Å². The zero-order chi connectivity index (χ0) is 19.9. The fourth-order valence-electron chi connectivity index (χ4n) is 2.57. The summed E-state index contributed by atoms with van der Waals surface area (Å²) in [6.45, 7) is 4.66. The third-order valence-corrected chi connectivity index (χ3v) is 4.18. The van der Waals surface area contributed by atoms with Gasteiger partial charge in [-0.05, 0) is 32.0 Å². The first-order valence-corrected chi connectivity index (χ1v) is 8.94. The molecule has 0 saturated heterocycles. The highest BCUT2D eigenvalue weighted by Gasteiger charge is 2.10. The Labute approximate surface area is 163 Å². The fraction of sp³-hybridized carbons (Fsp3) is 0.238. The largest absolute Gasteiger partial charge is 0.454 e. The van der Waals surface area contributed by atoms with E-state index >= 15 is 0 Å². The van der Waals surface area contributed by atoms with Crippen LogP contribution in [0.15, 0.2) is 57.9 Å². The van der Waals surface area contributed by atoms with Crippen LogP contribution in [0.25, 0.3) is 0 Å². The van der Waals surface area contributed by atoms with Gasteiger partial charge in [0.1, 0.15) is 11.5 Å². The second-order valence-corrected chi connectivity index (χ2v) is 6.17. The van der Waals surface area contributed by atoms with E-state index in [2.05, 4.69) is 20.6 Å². The van der Waals surface area contributed by atoms with Crippen molar-refractivity contribution in [2.75, 3.05) is 7.05 Å². The van der Waals surface area contributed by atoms with E-state index in [1.807, 2.05) is 32.0 Å². The van der Waals surface area contributed by atoms with Gasteiger partial charge in [0.25, 0.3) is 0 Å². The van der Waals surface area contributed by atoms with Crippen molar-refractivity contribution < 1.29 is 13.5 Å². The number of ether oxygens (including phenoxy) is 1. The van der Waals surface area contributed by atoms with Gasteiger partial charge < -0.3 is 19.8 Å². The molecular formula is C21H23FN4O2. The average molecular weight is 382 g/mol. The number of aliphatic imine (C=N–C) groups is 1. The molecule has 6 nitrogen and oxygen atoms in total. The first kappa shape index (κ1) is 19.4. The standard InChI is InChI=1S/C21H23FN4O2/c1-14-15(2)27-20(26-14)13-25-21(23-3)24-12-16-8-4-6-10-18(16)28-19-11-7-5-9-17(19)22/h4-11H,12-13H2,1-3H3,(H2,23,24,25). The first-order chi connectivity index (χ1) is 13.6. The van der Waals surface area contributed by atoms with E-state index in [1.54, 1.807) is 31.3 Å². The summed E-state index contributed by atoms with van der Waals surface area (Å²) in [4.78, 5) is 8.54. The van der Waals surface area contributed by atoms with Gasteiger partial charge in [0.05, 0.1) is 12.2 Å². The summed E-state index contributed by atoms with van der Waals surface area (Å²) in [5.74, 6) is 2.36. The van der Waals surface area contributed by atoms with Crippen LogP contribution in [0.4, 0.5) is 4.39 Å². The van der Waals surface area contributed by atoms with Crippen LogP contribution in [0.2, 0.25) is 0 Å². The molecule has 0 fully saturated rings. The third kappa shape index (κ3) is 4.88. The topological polar surface area (TPSA) is 71.7 Å². The zero-order valence-electron chi connectivity index (χ0n) is 16.1. The third-order valence-electron chi connectivity index (χ3n) is 4.18. The molecule has 0 aliphatic rings. The van der Waals surface area contributed by atoms with E-state index in [9.17, 15) is 4.39 Å². The second-order valence-electron chi connectivity index (χ2n) is 6.17. The number of aryl methyl sites for hydroxylation is 2. The van der Waals surface area contributed by atoms with Crippen LogP contribution >= 0.6 is 0 Å². The Hall–Kier alpha value is -3.35. The van der Waals surface area contributed by atoms with Crippen molar-refractivity contribution in [3.05, 3.63) is 77.3 Å². The molecule has 3 aromatic rings. The van der Waals surface area contributed by atoms with Gasteiger partial charge in [-0.2, -0.15) is 0 Å². The highest BCUT2D eigenvalue weighted by atomic mass is 19.1. The number of oxazole rings is 1. The minimum Gasteiger partial charge on any atom is -0.454 e. The maximum Gasteiger partial charge on any atom is 0.214 e. The molecule has 28 heavy (non-hydrogen) atoms. The number of benzene rings is 2. The minimum atomic E-state index is -0.403. The second kappa shape index (κ2) is 9.03. The summed E-state index contributed by atoms with van der Waals surface area (Å²) in [6, 6.07) is 13.8. The normalized spacial score (nSPS) is 11.4. The Balaban J connectivity index is 1.62. The van der Waals surface area contributed by atoms with Gasteiger partial charge in [0, 0.05) is 19.2 Å². The lowest BCUT2D eigenvalue weighted by molar-refractivity contribution is 0.437. The fourth-order valence-corrected chi connectivity index (χ4v) is 2.57. The summed E-state index contributed by atoms with van der Waals surface area (Å²) >= 11 is 0.